The number of hydrogen-bond acceptors (Lipinski definition) is 3. The van der Waals surface area contributed by atoms with E-state index in [1.54, 1.807) is 60.4 Å². The number of carbonyl (C=O) groups excluding carboxylic acids is 1. The summed E-state index contributed by atoms with van der Waals surface area (Å²) in [4.78, 5) is 14.4. The third-order valence-corrected chi connectivity index (χ3v) is 6.45. The van der Waals surface area contributed by atoms with Gasteiger partial charge in [0.15, 0.2) is 0 Å². The number of carbonyl (C=O) groups is 1. The van der Waals surface area contributed by atoms with Gasteiger partial charge in [-0.25, -0.2) is 8.42 Å². The van der Waals surface area contributed by atoms with Crippen molar-refractivity contribution >= 4 is 49.7 Å². The van der Waals surface area contributed by atoms with E-state index in [9.17, 15) is 13.2 Å². The average Bonchev–Trinajstić information content (AvgIpc) is 2.91. The molecule has 0 atom stereocenters. The van der Waals surface area contributed by atoms with Crippen molar-refractivity contribution in [1.29, 1.82) is 0 Å². The number of nitrogens with one attached hydrogen (secondary N) is 1. The average molecular weight is 401 g/mol. The molecule has 0 unspecified atom stereocenters. The summed E-state index contributed by atoms with van der Waals surface area (Å²) >= 11 is 6.01. The van der Waals surface area contributed by atoms with E-state index in [-0.39, 0.29) is 10.8 Å². The van der Waals surface area contributed by atoms with Crippen molar-refractivity contribution in [1.82, 2.24) is 0 Å². The zero-order chi connectivity index (χ0) is 19.3. The van der Waals surface area contributed by atoms with Gasteiger partial charge in [-0.1, -0.05) is 29.8 Å². The molecule has 0 aliphatic carbocycles. The number of sulfonamides is 1. The standard InChI is InChI=1S/C20H17ClN2O3S/c1-3-23-17-9-10-18(14-5-4-6-15(19(14)17)20(23)24)27(25,26)22-16-11-13(21)8-7-12(16)2/h4-11,22H,3H2,1-2H3. The van der Waals surface area contributed by atoms with Crippen LogP contribution in [0.2, 0.25) is 5.02 Å². The summed E-state index contributed by atoms with van der Waals surface area (Å²) in [5.74, 6) is -0.105. The fourth-order valence-electron chi connectivity index (χ4n) is 3.47. The Kier molecular flexibility index (Phi) is 4.13. The lowest BCUT2D eigenvalue weighted by molar-refractivity contribution is 0.0994. The molecule has 0 aromatic heterocycles. The Hall–Kier alpha value is -2.57. The molecule has 138 valence electrons. The normalized spacial score (nSPS) is 13.4. The third kappa shape index (κ3) is 2.76. The van der Waals surface area contributed by atoms with Crippen LogP contribution in [0.5, 0.6) is 0 Å². The molecule has 27 heavy (non-hydrogen) atoms. The Morgan fingerprint density at radius 2 is 1.89 bits per heavy atom. The smallest absolute Gasteiger partial charge is 0.262 e. The fraction of sp³-hybridized carbons (Fsp3) is 0.150. The van der Waals surface area contributed by atoms with Crippen molar-refractivity contribution < 1.29 is 13.2 Å². The quantitative estimate of drug-likeness (QED) is 0.696. The number of rotatable bonds is 4. The van der Waals surface area contributed by atoms with Crippen LogP contribution in [0, 0.1) is 6.92 Å². The summed E-state index contributed by atoms with van der Waals surface area (Å²) in [6, 6.07) is 13.5. The molecule has 1 N–H and O–H groups in total. The predicted molar refractivity (Wildman–Crippen MR) is 108 cm³/mol. The van der Waals surface area contributed by atoms with Gasteiger partial charge >= 0.3 is 0 Å². The summed E-state index contributed by atoms with van der Waals surface area (Å²) in [6.07, 6.45) is 0. The number of anilines is 2. The largest absolute Gasteiger partial charge is 0.308 e. The van der Waals surface area contributed by atoms with Crippen molar-refractivity contribution in [2.45, 2.75) is 18.7 Å². The first-order valence-electron chi connectivity index (χ1n) is 8.50. The molecule has 5 nitrogen and oxygen atoms in total. The molecule has 3 aromatic carbocycles. The molecule has 7 heteroatoms. The van der Waals surface area contributed by atoms with Gasteiger partial charge in [-0.15, -0.1) is 0 Å². The van der Waals surface area contributed by atoms with E-state index in [0.717, 1.165) is 11.3 Å². The molecule has 0 fully saturated rings. The zero-order valence-corrected chi connectivity index (χ0v) is 16.4. The molecule has 0 radical (unpaired) electrons. The van der Waals surface area contributed by atoms with Gasteiger partial charge in [-0.05, 0) is 49.7 Å². The molecule has 0 spiro atoms. The maximum absolute atomic E-state index is 13.1. The lowest BCUT2D eigenvalue weighted by Gasteiger charge is -2.16. The van der Waals surface area contributed by atoms with Crippen molar-refractivity contribution in [3.63, 3.8) is 0 Å². The van der Waals surface area contributed by atoms with Gasteiger partial charge in [0.1, 0.15) is 0 Å². The Balaban J connectivity index is 1.89. The number of aryl methyl sites for hydroxylation is 1. The van der Waals surface area contributed by atoms with Crippen LogP contribution in [0.1, 0.15) is 22.8 Å². The van der Waals surface area contributed by atoms with E-state index in [2.05, 4.69) is 4.72 Å². The number of amides is 1. The highest BCUT2D eigenvalue weighted by Crippen LogP contribution is 2.40. The first-order chi connectivity index (χ1) is 12.8. The second-order valence-electron chi connectivity index (χ2n) is 6.43. The van der Waals surface area contributed by atoms with E-state index >= 15 is 0 Å². The molecular formula is C20H17ClN2O3S. The monoisotopic (exact) mass is 400 g/mol. The van der Waals surface area contributed by atoms with Crippen molar-refractivity contribution in [3.8, 4) is 0 Å². The van der Waals surface area contributed by atoms with Gasteiger partial charge in [-0.2, -0.15) is 0 Å². The van der Waals surface area contributed by atoms with E-state index in [0.29, 0.717) is 33.6 Å². The minimum Gasteiger partial charge on any atom is -0.308 e. The van der Waals surface area contributed by atoms with Crippen LogP contribution in [0.4, 0.5) is 11.4 Å². The van der Waals surface area contributed by atoms with Crippen LogP contribution in [0.15, 0.2) is 53.4 Å². The van der Waals surface area contributed by atoms with Crippen LogP contribution in [-0.2, 0) is 10.0 Å². The van der Waals surface area contributed by atoms with Gasteiger partial charge in [-0.3, -0.25) is 9.52 Å². The lowest BCUT2D eigenvalue weighted by Crippen LogP contribution is -2.25. The second kappa shape index (κ2) is 6.25. The van der Waals surface area contributed by atoms with Crippen LogP contribution >= 0.6 is 11.6 Å². The molecular weight excluding hydrogens is 384 g/mol. The Labute approximate surface area is 162 Å². The second-order valence-corrected chi connectivity index (χ2v) is 8.51. The highest BCUT2D eigenvalue weighted by atomic mass is 35.5. The number of benzene rings is 3. The highest BCUT2D eigenvalue weighted by Gasteiger charge is 2.31. The Morgan fingerprint density at radius 3 is 2.63 bits per heavy atom. The van der Waals surface area contributed by atoms with Crippen molar-refractivity contribution in [2.24, 2.45) is 0 Å². The van der Waals surface area contributed by atoms with Crippen LogP contribution in [-0.4, -0.2) is 20.9 Å². The molecule has 0 bridgehead atoms. The molecule has 1 aliphatic rings. The van der Waals surface area contributed by atoms with Crippen molar-refractivity contribution in [3.05, 3.63) is 64.7 Å². The summed E-state index contributed by atoms with van der Waals surface area (Å²) in [5, 5.41) is 1.65. The topological polar surface area (TPSA) is 66.5 Å². The lowest BCUT2D eigenvalue weighted by atomic mass is 10.1. The number of halogens is 1. The van der Waals surface area contributed by atoms with Crippen LogP contribution < -0.4 is 9.62 Å². The number of hydrogen-bond donors (Lipinski definition) is 1. The van der Waals surface area contributed by atoms with E-state index in [1.165, 1.54) is 0 Å². The minimum atomic E-state index is -3.87. The molecule has 1 amide bonds. The van der Waals surface area contributed by atoms with Gasteiger partial charge in [0.05, 0.1) is 16.3 Å². The fourth-order valence-corrected chi connectivity index (χ4v) is 4.97. The Bertz CT molecular complexity index is 1210. The molecule has 3 aromatic rings. The van der Waals surface area contributed by atoms with Gasteiger partial charge < -0.3 is 4.90 Å². The summed E-state index contributed by atoms with van der Waals surface area (Å²) in [6.45, 7) is 4.22. The SMILES string of the molecule is CCN1C(=O)c2cccc3c(S(=O)(=O)Nc4cc(Cl)ccc4C)ccc1c23. The molecule has 1 heterocycles. The van der Waals surface area contributed by atoms with Gasteiger partial charge in [0, 0.05) is 27.9 Å². The summed E-state index contributed by atoms with van der Waals surface area (Å²) in [7, 11) is -3.87. The van der Waals surface area contributed by atoms with Gasteiger partial charge in [0.2, 0.25) is 0 Å². The van der Waals surface area contributed by atoms with E-state index < -0.39 is 10.0 Å². The molecule has 0 saturated carbocycles. The van der Waals surface area contributed by atoms with Crippen LogP contribution in [0.25, 0.3) is 10.8 Å². The minimum absolute atomic E-state index is 0.105. The van der Waals surface area contributed by atoms with Crippen LogP contribution in [0.3, 0.4) is 0 Å². The summed E-state index contributed by atoms with van der Waals surface area (Å²) in [5.41, 5.74) is 2.46. The third-order valence-electron chi connectivity index (χ3n) is 4.79. The first kappa shape index (κ1) is 17.8. The molecule has 4 rings (SSSR count). The van der Waals surface area contributed by atoms with Gasteiger partial charge in [0.25, 0.3) is 15.9 Å². The molecule has 1 aliphatic heterocycles. The maximum Gasteiger partial charge on any atom is 0.262 e. The highest BCUT2D eigenvalue weighted by molar-refractivity contribution is 7.93. The van der Waals surface area contributed by atoms with Crippen molar-refractivity contribution in [2.75, 3.05) is 16.2 Å². The zero-order valence-electron chi connectivity index (χ0n) is 14.8. The van der Waals surface area contributed by atoms with E-state index in [4.69, 9.17) is 11.6 Å². The number of nitrogens with zero attached hydrogens (tertiary/aromatic N) is 1. The van der Waals surface area contributed by atoms with E-state index in [1.807, 2.05) is 6.92 Å². The maximum atomic E-state index is 13.1. The molecule has 0 saturated heterocycles. The predicted octanol–water partition coefficient (Wildman–Crippen LogP) is 4.58. The Morgan fingerprint density at radius 1 is 1.11 bits per heavy atom. The first-order valence-corrected chi connectivity index (χ1v) is 10.4. The summed E-state index contributed by atoms with van der Waals surface area (Å²) < 4.78 is 28.8.